The van der Waals surface area contributed by atoms with Crippen LogP contribution in [0.5, 0.6) is 0 Å². The predicted octanol–water partition coefficient (Wildman–Crippen LogP) is 3.09. The van der Waals surface area contributed by atoms with E-state index in [1.807, 2.05) is 7.05 Å². The first-order valence-corrected chi connectivity index (χ1v) is 7.41. The van der Waals surface area contributed by atoms with Crippen LogP contribution in [0.25, 0.3) is 0 Å². The van der Waals surface area contributed by atoms with E-state index in [0.717, 1.165) is 19.3 Å². The Morgan fingerprint density at radius 1 is 1.32 bits per heavy atom. The monoisotopic (exact) mass is 258 g/mol. The van der Waals surface area contributed by atoms with E-state index in [4.69, 9.17) is 5.73 Å². The van der Waals surface area contributed by atoms with Gasteiger partial charge in [-0.25, -0.2) is 0 Å². The molecule has 3 unspecified atom stereocenters. The van der Waals surface area contributed by atoms with Gasteiger partial charge >= 0.3 is 0 Å². The van der Waals surface area contributed by atoms with Crippen molar-refractivity contribution >= 4 is 0 Å². The maximum absolute atomic E-state index is 6.50. The number of nitrogens with one attached hydrogen (secondary N) is 1. The molecule has 2 rings (SSSR count). The first-order chi connectivity index (χ1) is 9.26. The minimum Gasteiger partial charge on any atom is -0.323 e. The largest absolute Gasteiger partial charge is 0.323 e. The summed E-state index contributed by atoms with van der Waals surface area (Å²) in [4.78, 5) is 0. The smallest absolute Gasteiger partial charge is 0.0419 e. The first kappa shape index (κ1) is 14.3. The highest BCUT2D eigenvalue weighted by atomic mass is 14.9. The second kappa shape index (κ2) is 6.88. The van der Waals surface area contributed by atoms with Gasteiger partial charge in [-0.2, -0.15) is 0 Å². The van der Waals surface area contributed by atoms with Crippen LogP contribution in [-0.2, 0) is 0 Å². The summed E-state index contributed by atoms with van der Waals surface area (Å²) in [5.41, 5.74) is 9.43. The van der Waals surface area contributed by atoms with Crippen LogP contribution < -0.4 is 11.1 Å². The lowest BCUT2D eigenvalue weighted by Gasteiger charge is -2.32. The lowest BCUT2D eigenvalue weighted by molar-refractivity contribution is 0.388. The lowest BCUT2D eigenvalue weighted by atomic mass is 9.82. The normalized spacial score (nSPS) is 25.7. The van der Waals surface area contributed by atoms with Gasteiger partial charge in [-0.1, -0.05) is 54.5 Å². The van der Waals surface area contributed by atoms with Crippen LogP contribution >= 0.6 is 0 Å². The van der Waals surface area contributed by atoms with Gasteiger partial charge in [-0.15, -0.1) is 0 Å². The van der Waals surface area contributed by atoms with Gasteiger partial charge in [0.1, 0.15) is 0 Å². The minimum atomic E-state index is 0.112. The minimum absolute atomic E-state index is 0.112. The molecule has 0 aromatic rings. The van der Waals surface area contributed by atoms with Crippen molar-refractivity contribution in [2.24, 2.45) is 11.7 Å². The fourth-order valence-electron chi connectivity index (χ4n) is 3.03. The number of nitrogens with two attached hydrogens (primary N) is 1. The standard InChI is InChI=1S/C17H26N2/c1-3-13-9-11-14(12-10-13)16(18)17(19-2)15-7-5-4-6-8-15/h4-7,9,11,15-17,19H,3,8,10,12,18H2,1-2H3. The van der Waals surface area contributed by atoms with Crippen molar-refractivity contribution in [3.05, 3.63) is 47.6 Å². The Hall–Kier alpha value is -1.12. The van der Waals surface area contributed by atoms with Gasteiger partial charge in [0, 0.05) is 12.1 Å². The van der Waals surface area contributed by atoms with Crippen LogP contribution in [0.15, 0.2) is 47.6 Å². The van der Waals surface area contributed by atoms with Gasteiger partial charge in [0.15, 0.2) is 0 Å². The molecular weight excluding hydrogens is 232 g/mol. The molecule has 2 nitrogen and oxygen atoms in total. The van der Waals surface area contributed by atoms with Crippen molar-refractivity contribution in [3.8, 4) is 0 Å². The Bertz CT molecular complexity index is 415. The molecule has 3 atom stereocenters. The Kier molecular flexibility index (Phi) is 5.17. The van der Waals surface area contributed by atoms with Crippen molar-refractivity contribution in [1.82, 2.24) is 5.32 Å². The third kappa shape index (κ3) is 3.46. The van der Waals surface area contributed by atoms with Crippen molar-refractivity contribution in [2.45, 2.75) is 44.7 Å². The molecule has 0 bridgehead atoms. The van der Waals surface area contributed by atoms with Gasteiger partial charge in [-0.05, 0) is 38.6 Å². The molecule has 3 N–H and O–H groups in total. The molecule has 0 saturated carbocycles. The number of allylic oxidation sites excluding steroid dienone is 6. The van der Waals surface area contributed by atoms with Crippen LogP contribution in [0.3, 0.4) is 0 Å². The number of hydrogen-bond acceptors (Lipinski definition) is 2. The zero-order valence-corrected chi connectivity index (χ0v) is 12.1. The van der Waals surface area contributed by atoms with E-state index in [2.05, 4.69) is 48.7 Å². The van der Waals surface area contributed by atoms with Gasteiger partial charge in [-0.3, -0.25) is 0 Å². The summed E-state index contributed by atoms with van der Waals surface area (Å²) in [7, 11) is 2.02. The van der Waals surface area contributed by atoms with E-state index in [0.29, 0.717) is 12.0 Å². The molecule has 2 aliphatic carbocycles. The average molecular weight is 258 g/mol. The molecule has 0 aromatic carbocycles. The number of rotatable bonds is 5. The molecule has 0 spiro atoms. The SMILES string of the molecule is CCC1=CC=C(C(N)C(NC)C2C=CC=CC2)CC1. The Balaban J connectivity index is 2.06. The van der Waals surface area contributed by atoms with E-state index in [9.17, 15) is 0 Å². The summed E-state index contributed by atoms with van der Waals surface area (Å²) in [6.45, 7) is 2.22. The Morgan fingerprint density at radius 2 is 2.16 bits per heavy atom. The summed E-state index contributed by atoms with van der Waals surface area (Å²) in [5, 5.41) is 3.42. The second-order valence-corrected chi connectivity index (χ2v) is 5.47. The first-order valence-electron chi connectivity index (χ1n) is 7.41. The molecule has 0 fully saturated rings. The molecule has 0 aromatic heterocycles. The van der Waals surface area contributed by atoms with Crippen molar-refractivity contribution in [2.75, 3.05) is 7.05 Å². The zero-order chi connectivity index (χ0) is 13.7. The lowest BCUT2D eigenvalue weighted by Crippen LogP contribution is -2.49. The second-order valence-electron chi connectivity index (χ2n) is 5.47. The molecular formula is C17H26N2. The fraction of sp³-hybridized carbons (Fsp3) is 0.529. The van der Waals surface area contributed by atoms with Crippen molar-refractivity contribution in [1.29, 1.82) is 0 Å². The van der Waals surface area contributed by atoms with Crippen LogP contribution in [-0.4, -0.2) is 19.1 Å². The fourth-order valence-corrected chi connectivity index (χ4v) is 3.03. The van der Waals surface area contributed by atoms with E-state index < -0.39 is 0 Å². The average Bonchev–Trinajstić information content (AvgIpc) is 2.49. The maximum Gasteiger partial charge on any atom is 0.0419 e. The van der Waals surface area contributed by atoms with Crippen molar-refractivity contribution in [3.63, 3.8) is 0 Å². The molecule has 0 heterocycles. The highest BCUT2D eigenvalue weighted by Crippen LogP contribution is 2.26. The van der Waals surface area contributed by atoms with Crippen LogP contribution in [0.1, 0.15) is 32.6 Å². The molecule has 0 saturated heterocycles. The Labute approximate surface area is 117 Å². The summed E-state index contributed by atoms with van der Waals surface area (Å²) >= 11 is 0. The van der Waals surface area contributed by atoms with Crippen LogP contribution in [0.4, 0.5) is 0 Å². The predicted molar refractivity (Wildman–Crippen MR) is 82.9 cm³/mol. The molecule has 2 heteroatoms. The molecule has 0 radical (unpaired) electrons. The molecule has 104 valence electrons. The third-order valence-corrected chi connectivity index (χ3v) is 4.35. The highest BCUT2D eigenvalue weighted by molar-refractivity contribution is 5.29. The summed E-state index contributed by atoms with van der Waals surface area (Å²) in [5.74, 6) is 0.502. The Morgan fingerprint density at radius 3 is 2.68 bits per heavy atom. The van der Waals surface area contributed by atoms with Gasteiger partial charge in [0.05, 0.1) is 0 Å². The summed E-state index contributed by atoms with van der Waals surface area (Å²) < 4.78 is 0. The maximum atomic E-state index is 6.50. The van der Waals surface area contributed by atoms with Gasteiger partial charge in [0.25, 0.3) is 0 Å². The number of hydrogen-bond donors (Lipinski definition) is 2. The molecule has 0 amide bonds. The quantitative estimate of drug-likeness (QED) is 0.795. The molecule has 19 heavy (non-hydrogen) atoms. The number of likely N-dealkylation sites (N-methyl/N-ethyl adjacent to an activating group) is 1. The van der Waals surface area contributed by atoms with Crippen LogP contribution in [0.2, 0.25) is 0 Å². The van der Waals surface area contributed by atoms with E-state index in [1.165, 1.54) is 17.6 Å². The van der Waals surface area contributed by atoms with E-state index >= 15 is 0 Å². The highest BCUT2D eigenvalue weighted by Gasteiger charge is 2.27. The topological polar surface area (TPSA) is 38.0 Å². The third-order valence-electron chi connectivity index (χ3n) is 4.35. The molecule has 2 aliphatic rings. The van der Waals surface area contributed by atoms with Gasteiger partial charge in [0.2, 0.25) is 0 Å². The summed E-state index contributed by atoms with van der Waals surface area (Å²) in [6.07, 6.45) is 17.8. The molecule has 0 aliphatic heterocycles. The van der Waals surface area contributed by atoms with E-state index in [1.54, 1.807) is 0 Å². The van der Waals surface area contributed by atoms with Crippen LogP contribution in [0, 0.1) is 5.92 Å². The summed E-state index contributed by atoms with van der Waals surface area (Å²) in [6, 6.07) is 0.435. The zero-order valence-electron chi connectivity index (χ0n) is 12.1. The van der Waals surface area contributed by atoms with Gasteiger partial charge < -0.3 is 11.1 Å². The van der Waals surface area contributed by atoms with E-state index in [-0.39, 0.29) is 6.04 Å². The van der Waals surface area contributed by atoms with Crippen molar-refractivity contribution < 1.29 is 0 Å².